The molecule has 4 aromatic carbocycles. The van der Waals surface area contributed by atoms with Gasteiger partial charge in [-0.2, -0.15) is 13.2 Å². The zero-order chi connectivity index (χ0) is 70.8. The van der Waals surface area contributed by atoms with Crippen LogP contribution in [-0.4, -0.2) is 47.8 Å². The van der Waals surface area contributed by atoms with E-state index < -0.39 is 47.1 Å². The van der Waals surface area contributed by atoms with Gasteiger partial charge in [-0.25, -0.2) is 18.2 Å². The summed E-state index contributed by atoms with van der Waals surface area (Å²) in [5.41, 5.74) is 12.0. The van der Waals surface area contributed by atoms with Crippen LogP contribution in [-0.2, 0) is 73.6 Å². The maximum absolute atomic E-state index is 14.5. The second-order valence-corrected chi connectivity index (χ2v) is 27.3. The van der Waals surface area contributed by atoms with Gasteiger partial charge in [0.15, 0.2) is 0 Å². The summed E-state index contributed by atoms with van der Waals surface area (Å²) in [5.74, 6) is -5.08. The van der Waals surface area contributed by atoms with Crippen molar-refractivity contribution in [3.8, 4) is 33.8 Å². The van der Waals surface area contributed by atoms with Crippen molar-refractivity contribution >= 4 is 39.0 Å². The molecule has 3 saturated carbocycles. The van der Waals surface area contributed by atoms with Crippen LogP contribution in [0.1, 0.15) is 174 Å². The molecule has 4 N–H and O–H groups in total. The molecule has 0 amide bonds. The number of allylic oxidation sites excluding steroid dienone is 2. The smallest absolute Gasteiger partial charge is 0.512 e. The van der Waals surface area contributed by atoms with Gasteiger partial charge < -0.3 is 36.1 Å². The molecular weight excluding hydrogens is 1700 g/mol. The number of hydrogen-bond acceptors (Lipinski definition) is 9. The zero-order valence-electron chi connectivity index (χ0n) is 58.0. The molecule has 0 spiro atoms. The van der Waals surface area contributed by atoms with E-state index in [1.54, 1.807) is 19.3 Å². The summed E-state index contributed by atoms with van der Waals surface area (Å²) >= 11 is 0. The number of nitrogens with two attached hydrogens (primary N) is 1. The van der Waals surface area contributed by atoms with Crippen LogP contribution in [0.2, 0.25) is 0 Å². The molecule has 5 aromatic heterocycles. The van der Waals surface area contributed by atoms with Crippen LogP contribution in [0.3, 0.4) is 0 Å². The number of nitrogens with zero attached hydrogens (tertiary/aromatic N) is 6. The number of aliphatic imine (C=N–C) groups is 1. The average Bonchev–Trinajstić information content (AvgIpc) is 1.76. The van der Waals surface area contributed by atoms with Crippen LogP contribution in [0.4, 0.5) is 40.9 Å². The molecule has 5 heterocycles. The Morgan fingerprint density at radius 1 is 0.683 bits per heavy atom. The number of carbonyl (C=O) groups excluding carboxylic acids is 1. The predicted octanol–water partition coefficient (Wildman–Crippen LogP) is 21.4. The number of nitrogens with one attached hydrogen (secondary N) is 1. The number of carbonyl (C=O) groups is 1. The summed E-state index contributed by atoms with van der Waals surface area (Å²) in [7, 11) is 0. The molecule has 3 aliphatic carbocycles. The van der Waals surface area contributed by atoms with Gasteiger partial charge in [-0.3, -0.25) is 18.6 Å². The number of rotatable bonds is 15. The molecule has 1 atom stereocenters. The van der Waals surface area contributed by atoms with Crippen LogP contribution < -0.4 is 11.1 Å². The second kappa shape index (κ2) is 38.3. The van der Waals surface area contributed by atoms with E-state index in [2.05, 4.69) is 144 Å². The summed E-state index contributed by atoms with van der Waals surface area (Å²) in [6, 6.07) is 43.9. The number of fused-ring (bicyclic) bond motifs is 2. The molecule has 3 aliphatic rings. The maximum atomic E-state index is 14.5. The summed E-state index contributed by atoms with van der Waals surface area (Å²) < 4.78 is 102. The van der Waals surface area contributed by atoms with Crippen molar-refractivity contribution in [1.82, 2.24) is 24.9 Å². The van der Waals surface area contributed by atoms with Gasteiger partial charge in [0.1, 0.15) is 23.5 Å². The minimum absolute atomic E-state index is 0. The first-order chi connectivity index (χ1) is 46.5. The topological polar surface area (TPSA) is 152 Å². The van der Waals surface area contributed by atoms with Crippen molar-refractivity contribution in [2.75, 3.05) is 5.32 Å². The molecule has 0 saturated heterocycles. The number of alkyl halides is 3. The van der Waals surface area contributed by atoms with Crippen molar-refractivity contribution in [3.05, 3.63) is 223 Å². The molecule has 9 aromatic rings. The number of hydrogen-bond donors (Lipinski definition) is 3. The van der Waals surface area contributed by atoms with Crippen molar-refractivity contribution in [3.63, 3.8) is 0 Å². The molecule has 543 valence electrons. The quantitative estimate of drug-likeness (QED) is 0.0173. The average molecular weight is 1790 g/mol. The predicted molar refractivity (Wildman–Crippen MR) is 374 cm³/mol. The third-order valence-corrected chi connectivity index (χ3v) is 19.8. The number of ketones is 1. The fraction of sp³-hybridized carbons (Fsp3) is 0.375. The summed E-state index contributed by atoms with van der Waals surface area (Å²) in [6.07, 6.45) is 22.5. The molecule has 3 radical (unpaired) electrons. The SMILES string of the molecule is CC(N)=N[CH-]Nc1ccccn1.CC(O)=CC(=O)C(F)(F)F.CC(c1cnc(-c2[c-]cc(F)nc2F)cc1F)C1(C)CCCC1.CC1(C(C)(C)c2ccnc(-c3[c-]cc(F)cc3F)c2)CCCC1.CC1(CCCc2ccc3cc(-c4[c-]cc5ccccc5c4)ncc3c2)CCCCC1.[Co+2].[Ir].[Ir]. The molecule has 101 heavy (non-hydrogen) atoms. The number of aliphatic hydroxyl groups is 1. The summed E-state index contributed by atoms with van der Waals surface area (Å²) in [6.45, 7) is 17.8. The van der Waals surface area contributed by atoms with Gasteiger partial charge in [-0.1, -0.05) is 189 Å². The Morgan fingerprint density at radius 3 is 1.94 bits per heavy atom. The first-order valence-corrected chi connectivity index (χ1v) is 33.4. The maximum Gasteiger partial charge on any atom is 2.00 e. The Balaban J connectivity index is 0.000000237. The number of anilines is 1. The number of aliphatic hydroxyl groups excluding tert-OH is 1. The first-order valence-electron chi connectivity index (χ1n) is 33.4. The Morgan fingerprint density at radius 2 is 1.32 bits per heavy atom. The summed E-state index contributed by atoms with van der Waals surface area (Å²) in [5, 5.41) is 16.0. The molecule has 0 aliphatic heterocycles. The minimum atomic E-state index is -4.88. The molecule has 0 bridgehead atoms. The molecule has 10 nitrogen and oxygen atoms in total. The van der Waals surface area contributed by atoms with Crippen molar-refractivity contribution in [2.24, 2.45) is 27.0 Å². The van der Waals surface area contributed by atoms with Gasteiger partial charge in [0.05, 0.1) is 5.76 Å². The van der Waals surface area contributed by atoms with E-state index in [1.165, 1.54) is 123 Å². The normalized spacial score (nSPS) is 15.5. The number of aryl methyl sites for hydroxylation is 1. The minimum Gasteiger partial charge on any atom is -0.512 e. The molecule has 21 heteroatoms. The fourth-order valence-electron chi connectivity index (χ4n) is 13.2. The van der Waals surface area contributed by atoms with Crippen molar-refractivity contribution in [2.45, 2.75) is 176 Å². The number of benzene rings is 4. The van der Waals surface area contributed by atoms with Crippen molar-refractivity contribution < 1.29 is 102 Å². The zero-order valence-corrected chi connectivity index (χ0v) is 63.8. The van der Waals surface area contributed by atoms with Gasteiger partial charge in [-0.15, -0.1) is 47.3 Å². The Labute approximate surface area is 626 Å². The van der Waals surface area contributed by atoms with Crippen LogP contribution in [0, 0.1) is 70.5 Å². The third-order valence-electron chi connectivity index (χ3n) is 19.8. The van der Waals surface area contributed by atoms with E-state index in [9.17, 15) is 39.9 Å². The van der Waals surface area contributed by atoms with E-state index in [0.717, 1.165) is 73.4 Å². The van der Waals surface area contributed by atoms with Crippen LogP contribution in [0.25, 0.3) is 55.3 Å². The van der Waals surface area contributed by atoms with E-state index in [1.807, 2.05) is 43.5 Å². The van der Waals surface area contributed by atoms with E-state index in [4.69, 9.17) is 15.8 Å². The number of aromatic nitrogens is 5. The third kappa shape index (κ3) is 23.6. The van der Waals surface area contributed by atoms with Crippen LogP contribution >= 0.6 is 0 Å². The number of amidine groups is 1. The van der Waals surface area contributed by atoms with Gasteiger partial charge >= 0.3 is 23.0 Å². The van der Waals surface area contributed by atoms with E-state index in [-0.39, 0.29) is 102 Å². The fourth-order valence-corrected chi connectivity index (χ4v) is 13.2. The van der Waals surface area contributed by atoms with Gasteiger partial charge in [0.25, 0.3) is 5.78 Å². The Hall–Kier alpha value is -7.25. The van der Waals surface area contributed by atoms with Crippen LogP contribution in [0.5, 0.6) is 0 Å². The molecule has 1 unspecified atom stereocenters. The number of halogens is 8. The summed E-state index contributed by atoms with van der Waals surface area (Å²) in [4.78, 5) is 34.0. The Kier molecular flexibility index (Phi) is 32.0. The Bertz CT molecular complexity index is 4210. The molecule has 3 fully saturated rings. The van der Waals surface area contributed by atoms with Gasteiger partial charge in [0, 0.05) is 88.3 Å². The van der Waals surface area contributed by atoms with Gasteiger partial charge in [-0.05, 0) is 162 Å². The monoisotopic (exact) mass is 1790 g/mol. The molecule has 12 rings (SSSR count). The van der Waals surface area contributed by atoms with Crippen molar-refractivity contribution in [1.29, 1.82) is 0 Å². The van der Waals surface area contributed by atoms with Gasteiger partial charge in [0.2, 0.25) is 0 Å². The first kappa shape index (κ1) is 84.4. The van der Waals surface area contributed by atoms with E-state index in [0.29, 0.717) is 22.5 Å². The number of pyridine rings is 5. The molecular formula is C80H86CoF8Ir2N8O2-2. The second-order valence-electron chi connectivity index (χ2n) is 27.3. The standard InChI is InChI=1S/C29H30N.C20H22F2N.C18H18F3N2.C8H11N4.C5H5F3O2.Co.2Ir/c1-29(15-5-2-6-16-29)17-7-8-22-11-12-25-20-28(30-21-27(25)18-22)26-14-13-23-9-3-4-10-24(23)19-26;1-19(2,20(3)9-4-5-10-20)14-8-11-23-18(12-14)16-7-6-15(21)13-17(16)22;1-11(18(2)7-3-4-8-18)13-10-22-15(9-14(13)19)12-5-6-16(20)23-17(12)21;1-7(9)11-6-12-8-4-2-3-5-10-8;1-3(9)2-4(10)5(6,7)8;;;/h3-4,9-13,18-21H,2,5-8,15-17H2,1H3;6,8,11-13H,4-5,9-10H2,1-3H3;6,9-11H,3-4,7-8H2,1-2H3;2-6H,1H3,(H2,9,11)(H,10,12);2,9H,1H3;;;/q4*-1;;+2;;. The van der Waals surface area contributed by atoms with Crippen LogP contribution in [0.15, 0.2) is 157 Å². The van der Waals surface area contributed by atoms with E-state index >= 15 is 0 Å². The largest absolute Gasteiger partial charge is 2.00 e.